The molecule has 0 atom stereocenters. The molecular formula is C31H29Cl2N8O2+. The first-order valence-electron chi connectivity index (χ1n) is 14.0. The Kier molecular flexibility index (Phi) is 6.51. The van der Waals surface area contributed by atoms with E-state index in [9.17, 15) is 0 Å². The van der Waals surface area contributed by atoms with Crippen LogP contribution in [0.3, 0.4) is 0 Å². The van der Waals surface area contributed by atoms with Gasteiger partial charge >= 0.3 is 11.5 Å². The zero-order valence-corrected chi connectivity index (χ0v) is 25.6. The van der Waals surface area contributed by atoms with E-state index in [1.807, 2.05) is 97.4 Å². The van der Waals surface area contributed by atoms with Crippen LogP contribution in [0.25, 0.3) is 17.1 Å². The van der Waals surface area contributed by atoms with Crippen LogP contribution in [-0.4, -0.2) is 34.3 Å². The molecule has 43 heavy (non-hydrogen) atoms. The molecule has 1 aliphatic rings. The lowest BCUT2D eigenvalue weighted by molar-refractivity contribution is -0.532. The molecule has 0 N–H and O–H groups in total. The number of halogens is 2. The van der Waals surface area contributed by atoms with Crippen LogP contribution in [-0.2, 0) is 11.2 Å². The molecule has 1 fully saturated rings. The zero-order valence-electron chi connectivity index (χ0n) is 24.1. The Morgan fingerprint density at radius 2 is 1.65 bits per heavy atom. The van der Waals surface area contributed by atoms with Crippen molar-refractivity contribution >= 4 is 34.5 Å². The third-order valence-electron chi connectivity index (χ3n) is 7.42. The summed E-state index contributed by atoms with van der Waals surface area (Å²) in [4.78, 5) is 9.43. The van der Waals surface area contributed by atoms with E-state index < -0.39 is 11.2 Å². The van der Waals surface area contributed by atoms with Crippen LogP contribution in [0, 0.1) is 0 Å². The average Bonchev–Trinajstić information content (AvgIpc) is 3.59. The Morgan fingerprint density at radius 1 is 0.907 bits per heavy atom. The van der Waals surface area contributed by atoms with Gasteiger partial charge in [-0.05, 0) is 69.5 Å². The van der Waals surface area contributed by atoms with Crippen molar-refractivity contribution in [2.75, 3.05) is 0 Å². The molecule has 10 nitrogen and oxygen atoms in total. The largest absolute Gasteiger partial charge is 0.478 e. The molecule has 218 valence electrons. The quantitative estimate of drug-likeness (QED) is 0.186. The molecule has 0 bridgehead atoms. The standard InChI is InChI=1S/C31H29Cl2N8O2/c1-30(2,43-22-13-9-8-12-21(22)32)28-37-36-26-24(19-14-15-19)35-23(18-40(26)28)41-27-25(33)34-16-17-39(27)29(38-41)31(3,4)42-20-10-6-5-7-11-20/h5-13,16-19H,14-15H2,1-4H3/q+1. The lowest BCUT2D eigenvalue weighted by Crippen LogP contribution is -2.38. The predicted octanol–water partition coefficient (Wildman–Crippen LogP) is 6.26. The van der Waals surface area contributed by atoms with Crippen molar-refractivity contribution in [2.24, 2.45) is 0 Å². The summed E-state index contributed by atoms with van der Waals surface area (Å²) in [7, 11) is 0. The van der Waals surface area contributed by atoms with E-state index in [2.05, 4.69) is 15.2 Å². The highest BCUT2D eigenvalue weighted by Gasteiger charge is 2.40. The van der Waals surface area contributed by atoms with Gasteiger partial charge in [0.15, 0.2) is 22.7 Å². The van der Waals surface area contributed by atoms with Gasteiger partial charge in [0.1, 0.15) is 11.5 Å². The highest BCUT2D eigenvalue weighted by Crippen LogP contribution is 2.42. The van der Waals surface area contributed by atoms with Gasteiger partial charge in [-0.25, -0.2) is 9.97 Å². The highest BCUT2D eigenvalue weighted by molar-refractivity contribution is 6.32. The number of nitrogens with zero attached hydrogens (tertiary/aromatic N) is 8. The maximum atomic E-state index is 6.73. The molecule has 1 saturated carbocycles. The molecule has 0 spiro atoms. The second-order valence-electron chi connectivity index (χ2n) is 11.6. The Balaban J connectivity index is 1.40. The van der Waals surface area contributed by atoms with Crippen LogP contribution in [0.4, 0.5) is 0 Å². The van der Waals surface area contributed by atoms with E-state index in [1.165, 1.54) is 0 Å². The molecule has 4 aromatic heterocycles. The molecule has 0 unspecified atom stereocenters. The third kappa shape index (κ3) is 4.94. The summed E-state index contributed by atoms with van der Waals surface area (Å²) >= 11 is 13.2. The number of ether oxygens (including phenoxy) is 2. The van der Waals surface area contributed by atoms with Gasteiger partial charge in [-0.1, -0.05) is 53.5 Å². The molecule has 0 amide bonds. The van der Waals surface area contributed by atoms with Crippen molar-refractivity contribution in [3.63, 3.8) is 0 Å². The summed E-state index contributed by atoms with van der Waals surface area (Å²) in [6, 6.07) is 17.0. The van der Waals surface area contributed by atoms with E-state index in [1.54, 1.807) is 16.9 Å². The fourth-order valence-corrected chi connectivity index (χ4v) is 5.64. The van der Waals surface area contributed by atoms with Gasteiger partial charge in [-0.15, -0.1) is 10.2 Å². The number of fused-ring (bicyclic) bond motifs is 2. The van der Waals surface area contributed by atoms with Gasteiger partial charge in [0.05, 0.1) is 34.4 Å². The summed E-state index contributed by atoms with van der Waals surface area (Å²) in [5.74, 6) is 3.30. The van der Waals surface area contributed by atoms with Crippen LogP contribution in [0.5, 0.6) is 11.5 Å². The van der Waals surface area contributed by atoms with Crippen LogP contribution in [0.2, 0.25) is 10.2 Å². The summed E-state index contributed by atoms with van der Waals surface area (Å²) < 4.78 is 18.3. The molecule has 0 radical (unpaired) electrons. The first-order valence-corrected chi connectivity index (χ1v) is 14.8. The van der Waals surface area contributed by atoms with Crippen LogP contribution in [0.15, 0.2) is 73.2 Å². The van der Waals surface area contributed by atoms with Crippen LogP contribution >= 0.6 is 23.2 Å². The second-order valence-corrected chi connectivity index (χ2v) is 12.4. The lowest BCUT2D eigenvalue weighted by atomic mass is 10.1. The fourth-order valence-electron chi connectivity index (χ4n) is 5.24. The zero-order chi connectivity index (χ0) is 29.9. The van der Waals surface area contributed by atoms with E-state index >= 15 is 0 Å². The average molecular weight is 617 g/mol. The van der Waals surface area contributed by atoms with Crippen LogP contribution < -0.4 is 13.9 Å². The van der Waals surface area contributed by atoms with Gasteiger partial charge in [-0.2, -0.15) is 4.40 Å². The van der Waals surface area contributed by atoms with Gasteiger partial charge in [0, 0.05) is 5.92 Å². The second kappa shape index (κ2) is 10.2. The molecule has 6 aromatic rings. The van der Waals surface area contributed by atoms with E-state index in [4.69, 9.17) is 42.8 Å². The maximum absolute atomic E-state index is 6.73. The molecule has 0 aliphatic heterocycles. The topological polar surface area (TPSA) is 96.3 Å². The summed E-state index contributed by atoms with van der Waals surface area (Å²) in [5, 5.41) is 15.0. The maximum Gasteiger partial charge on any atom is 0.326 e. The first kappa shape index (κ1) is 27.5. The van der Waals surface area contributed by atoms with Gasteiger partial charge in [0.25, 0.3) is 0 Å². The smallest absolute Gasteiger partial charge is 0.326 e. The highest BCUT2D eigenvalue weighted by atomic mass is 35.5. The Labute approximate surface area is 257 Å². The number of rotatable bonds is 8. The van der Waals surface area contributed by atoms with Crippen molar-refractivity contribution in [3.05, 3.63) is 101 Å². The lowest BCUT2D eigenvalue weighted by Gasteiger charge is -2.25. The van der Waals surface area contributed by atoms with Crippen molar-refractivity contribution in [1.29, 1.82) is 0 Å². The van der Waals surface area contributed by atoms with Crippen molar-refractivity contribution in [1.82, 2.24) is 34.3 Å². The van der Waals surface area contributed by atoms with Crippen molar-refractivity contribution in [3.8, 4) is 17.3 Å². The summed E-state index contributed by atoms with van der Waals surface area (Å²) in [5.41, 5.74) is 0.355. The van der Waals surface area contributed by atoms with E-state index in [-0.39, 0.29) is 11.1 Å². The number of benzene rings is 2. The molecule has 7 rings (SSSR count). The number of para-hydroxylation sites is 2. The Bertz CT molecular complexity index is 1980. The minimum Gasteiger partial charge on any atom is -0.478 e. The summed E-state index contributed by atoms with van der Waals surface area (Å²) in [6.45, 7) is 7.80. The molecule has 2 aromatic carbocycles. The Hall–Kier alpha value is -4.28. The molecule has 12 heteroatoms. The van der Waals surface area contributed by atoms with Crippen molar-refractivity contribution in [2.45, 2.75) is 57.7 Å². The minimum atomic E-state index is -0.888. The Morgan fingerprint density at radius 3 is 2.40 bits per heavy atom. The first-order chi connectivity index (χ1) is 20.6. The van der Waals surface area contributed by atoms with Gasteiger partial charge < -0.3 is 9.47 Å². The number of hydrogen-bond acceptors (Lipinski definition) is 7. The molecule has 1 aliphatic carbocycles. The SMILES string of the molecule is CC(C)(Oc1ccccc1Cl)c1nnc2c(C3CC3)nc(-n3nc(C(C)(C)Oc4ccccc4)[n+]4ccnc(Cl)c34)cn12. The molecule has 4 heterocycles. The molecular weight excluding hydrogens is 587 g/mol. The van der Waals surface area contributed by atoms with Gasteiger partial charge in [-0.3, -0.25) is 4.40 Å². The van der Waals surface area contributed by atoms with Crippen molar-refractivity contribution < 1.29 is 13.9 Å². The number of aromatic nitrogens is 8. The summed E-state index contributed by atoms with van der Waals surface area (Å²) in [6.07, 6.45) is 7.37. The normalized spacial score (nSPS) is 14.0. The van der Waals surface area contributed by atoms with Crippen LogP contribution in [0.1, 0.15) is 63.8 Å². The number of hydrogen-bond donors (Lipinski definition) is 0. The molecule has 0 saturated heterocycles. The van der Waals surface area contributed by atoms with Gasteiger partial charge in [0.2, 0.25) is 11.0 Å². The van der Waals surface area contributed by atoms with E-state index in [0.29, 0.717) is 39.5 Å². The third-order valence-corrected chi connectivity index (χ3v) is 8.00. The predicted molar refractivity (Wildman–Crippen MR) is 161 cm³/mol. The fraction of sp³-hybridized carbons (Fsp3) is 0.290. The minimum absolute atomic E-state index is 0.271. The monoisotopic (exact) mass is 615 g/mol. The van der Waals surface area contributed by atoms with E-state index in [0.717, 1.165) is 24.3 Å².